The second-order valence-electron chi connectivity index (χ2n) is 14.5. The van der Waals surface area contributed by atoms with E-state index in [4.69, 9.17) is 9.47 Å². The average Bonchev–Trinajstić information content (AvgIpc) is 3.20. The molecule has 0 saturated heterocycles. The molecule has 7 rings (SSSR count). The third kappa shape index (κ3) is 7.56. The van der Waals surface area contributed by atoms with Gasteiger partial charge in [-0.3, -0.25) is 0 Å². The SMILES string of the molecule is CCCCCCN(C)c1ccc(OC(=O)c2ccc3c4cccc5c(C(=O)Oc6ccc(N(C)CCCCCC)cc6)ccc(c6cccc2c63)c54)cc1. The molecule has 0 aliphatic rings. The predicted octanol–water partition coefficient (Wildman–Crippen LogP) is 12.2. The van der Waals surface area contributed by atoms with Crippen molar-refractivity contribution in [1.29, 1.82) is 0 Å². The summed E-state index contributed by atoms with van der Waals surface area (Å²) in [4.78, 5) is 31.9. The van der Waals surface area contributed by atoms with Crippen molar-refractivity contribution in [3.05, 3.63) is 120 Å². The molecule has 0 aliphatic heterocycles. The number of ether oxygens (including phenoxy) is 2. The van der Waals surface area contributed by atoms with Gasteiger partial charge < -0.3 is 19.3 Å². The predicted molar refractivity (Wildman–Crippen MR) is 225 cm³/mol. The number of carbonyl (C=O) groups excluding carboxylic acids is 2. The second kappa shape index (κ2) is 16.6. The average molecular weight is 719 g/mol. The third-order valence-corrected chi connectivity index (χ3v) is 10.8. The van der Waals surface area contributed by atoms with Crippen LogP contribution in [-0.2, 0) is 0 Å². The lowest BCUT2D eigenvalue weighted by Crippen LogP contribution is -2.18. The van der Waals surface area contributed by atoms with E-state index < -0.39 is 11.9 Å². The van der Waals surface area contributed by atoms with E-state index in [0.717, 1.165) is 80.4 Å². The van der Waals surface area contributed by atoms with Gasteiger partial charge in [-0.25, -0.2) is 9.59 Å². The van der Waals surface area contributed by atoms with Crippen LogP contribution in [0.25, 0.3) is 43.1 Å². The molecule has 0 fully saturated rings. The Kier molecular flexibility index (Phi) is 11.3. The quantitative estimate of drug-likeness (QED) is 0.0326. The lowest BCUT2D eigenvalue weighted by molar-refractivity contribution is 0.0727. The Bertz CT molecular complexity index is 2190. The monoisotopic (exact) mass is 718 g/mol. The first-order valence-corrected chi connectivity index (χ1v) is 19.6. The lowest BCUT2D eigenvalue weighted by atomic mass is 9.87. The van der Waals surface area contributed by atoms with Crippen molar-refractivity contribution in [1.82, 2.24) is 0 Å². The highest BCUT2D eigenvalue weighted by Gasteiger charge is 2.21. The molecule has 0 aliphatic carbocycles. The van der Waals surface area contributed by atoms with E-state index in [1.165, 1.54) is 38.5 Å². The maximum atomic E-state index is 13.7. The number of rotatable bonds is 16. The fraction of sp³-hybridized carbons (Fsp3) is 0.292. The first kappa shape index (κ1) is 36.7. The van der Waals surface area contributed by atoms with Gasteiger partial charge in [0.25, 0.3) is 0 Å². The zero-order valence-corrected chi connectivity index (χ0v) is 32.0. The molecule has 6 nitrogen and oxygen atoms in total. The number of anilines is 2. The fourth-order valence-corrected chi connectivity index (χ4v) is 7.74. The molecule has 0 spiro atoms. The van der Waals surface area contributed by atoms with Crippen molar-refractivity contribution >= 4 is 66.4 Å². The van der Waals surface area contributed by atoms with E-state index >= 15 is 0 Å². The van der Waals surface area contributed by atoms with E-state index in [1.54, 1.807) is 0 Å². The molecular weight excluding hydrogens is 669 g/mol. The molecule has 54 heavy (non-hydrogen) atoms. The van der Waals surface area contributed by atoms with Gasteiger partial charge in [-0.05, 0) is 117 Å². The Hall–Kier alpha value is -5.62. The lowest BCUT2D eigenvalue weighted by Gasteiger charge is -2.20. The van der Waals surface area contributed by atoms with Gasteiger partial charge in [0.2, 0.25) is 0 Å². The fourth-order valence-electron chi connectivity index (χ4n) is 7.74. The van der Waals surface area contributed by atoms with Crippen molar-refractivity contribution in [3.63, 3.8) is 0 Å². The number of nitrogens with zero attached hydrogens (tertiary/aromatic N) is 2. The summed E-state index contributed by atoms with van der Waals surface area (Å²) in [6.45, 7) is 6.43. The smallest absolute Gasteiger partial charge is 0.344 e. The van der Waals surface area contributed by atoms with Crippen LogP contribution in [0.4, 0.5) is 11.4 Å². The van der Waals surface area contributed by atoms with Gasteiger partial charge >= 0.3 is 11.9 Å². The first-order valence-electron chi connectivity index (χ1n) is 19.6. The van der Waals surface area contributed by atoms with Crippen LogP contribution in [-0.4, -0.2) is 39.1 Å². The Balaban J connectivity index is 1.14. The highest BCUT2D eigenvalue weighted by molar-refractivity contribution is 6.35. The van der Waals surface area contributed by atoms with Gasteiger partial charge in [0.05, 0.1) is 11.1 Å². The molecule has 0 aromatic heterocycles. The molecule has 0 atom stereocenters. The molecule has 0 radical (unpaired) electrons. The zero-order valence-electron chi connectivity index (χ0n) is 32.0. The van der Waals surface area contributed by atoms with Crippen LogP contribution in [0.2, 0.25) is 0 Å². The molecule has 7 aromatic rings. The summed E-state index contributed by atoms with van der Waals surface area (Å²) in [5, 5.41) is 7.72. The summed E-state index contributed by atoms with van der Waals surface area (Å²) in [5.74, 6) is 0.236. The van der Waals surface area contributed by atoms with Crippen LogP contribution >= 0.6 is 0 Å². The number of hydrogen-bond acceptors (Lipinski definition) is 6. The summed E-state index contributed by atoms with van der Waals surface area (Å²) in [6, 6.07) is 35.3. The van der Waals surface area contributed by atoms with Gasteiger partial charge in [-0.2, -0.15) is 0 Å². The van der Waals surface area contributed by atoms with Crippen LogP contribution in [0.3, 0.4) is 0 Å². The number of hydrogen-bond donors (Lipinski definition) is 0. The highest BCUT2D eigenvalue weighted by atomic mass is 16.5. The standard InChI is InChI=1S/C48H50N2O4/c1-5-7-9-11-31-49(3)33-19-23-35(24-20-33)53-47(51)43-29-27-41-38-16-14-18-40-44(30-28-42(46(38)40)37-15-13-17-39(43)45(37)41)48(52)54-36-25-21-34(22-26-36)50(4)32-12-10-8-6-2/h13-30H,5-12,31-32H2,1-4H3. The minimum Gasteiger partial charge on any atom is -0.423 e. The van der Waals surface area contributed by atoms with Gasteiger partial charge in [-0.1, -0.05) is 101 Å². The molecule has 276 valence electrons. The molecule has 0 heterocycles. The number of esters is 2. The summed E-state index contributed by atoms with van der Waals surface area (Å²) >= 11 is 0. The maximum absolute atomic E-state index is 13.7. The third-order valence-electron chi connectivity index (χ3n) is 10.8. The van der Waals surface area contributed by atoms with E-state index in [0.29, 0.717) is 22.6 Å². The molecule has 0 amide bonds. The van der Waals surface area contributed by atoms with Crippen LogP contribution in [0.1, 0.15) is 85.9 Å². The molecule has 0 bridgehead atoms. The maximum Gasteiger partial charge on any atom is 0.344 e. The molecule has 0 saturated carbocycles. The summed E-state index contributed by atoms with van der Waals surface area (Å²) < 4.78 is 11.9. The van der Waals surface area contributed by atoms with Crippen LogP contribution in [0, 0.1) is 0 Å². The van der Waals surface area contributed by atoms with Crippen molar-refractivity contribution in [2.45, 2.75) is 65.2 Å². The van der Waals surface area contributed by atoms with E-state index in [1.807, 2.05) is 97.1 Å². The molecule has 6 heteroatoms. The first-order chi connectivity index (χ1) is 26.4. The Labute approximate surface area is 318 Å². The topological polar surface area (TPSA) is 59.1 Å². The number of benzene rings is 7. The van der Waals surface area contributed by atoms with Crippen LogP contribution in [0.5, 0.6) is 11.5 Å². The molecule has 0 N–H and O–H groups in total. The van der Waals surface area contributed by atoms with Gasteiger partial charge in [0.1, 0.15) is 11.5 Å². The van der Waals surface area contributed by atoms with Crippen molar-refractivity contribution < 1.29 is 19.1 Å². The molecule has 7 aromatic carbocycles. The van der Waals surface area contributed by atoms with Crippen molar-refractivity contribution in [2.24, 2.45) is 0 Å². The Morgan fingerprint density at radius 2 is 0.815 bits per heavy atom. The molecule has 0 unspecified atom stereocenters. The summed E-state index contributed by atoms with van der Waals surface area (Å²) in [7, 11) is 4.20. The summed E-state index contributed by atoms with van der Waals surface area (Å²) in [6.07, 6.45) is 9.74. The van der Waals surface area contributed by atoms with E-state index in [-0.39, 0.29) is 0 Å². The number of unbranched alkanes of at least 4 members (excludes halogenated alkanes) is 6. The number of carbonyl (C=O) groups is 2. The Morgan fingerprint density at radius 3 is 1.20 bits per heavy atom. The Morgan fingerprint density at radius 1 is 0.444 bits per heavy atom. The zero-order chi connectivity index (χ0) is 37.6. The van der Waals surface area contributed by atoms with Crippen molar-refractivity contribution in [2.75, 3.05) is 37.0 Å². The van der Waals surface area contributed by atoms with E-state index in [2.05, 4.69) is 49.9 Å². The molecular formula is C48H50N2O4. The highest BCUT2D eigenvalue weighted by Crippen LogP contribution is 2.42. The van der Waals surface area contributed by atoms with Crippen LogP contribution < -0.4 is 19.3 Å². The van der Waals surface area contributed by atoms with Crippen molar-refractivity contribution in [3.8, 4) is 11.5 Å². The van der Waals surface area contributed by atoms with Gasteiger partial charge in [-0.15, -0.1) is 0 Å². The number of fused-ring (bicyclic) bond motifs is 2. The van der Waals surface area contributed by atoms with E-state index in [9.17, 15) is 9.59 Å². The largest absolute Gasteiger partial charge is 0.423 e. The van der Waals surface area contributed by atoms with Gasteiger partial charge in [0.15, 0.2) is 0 Å². The normalized spacial score (nSPS) is 11.5. The minimum atomic E-state index is -0.395. The minimum absolute atomic E-state index is 0.395. The second-order valence-corrected chi connectivity index (χ2v) is 14.5. The summed E-state index contributed by atoms with van der Waals surface area (Å²) in [5.41, 5.74) is 3.22. The van der Waals surface area contributed by atoms with Crippen LogP contribution in [0.15, 0.2) is 109 Å². The van der Waals surface area contributed by atoms with Gasteiger partial charge in [0, 0.05) is 38.6 Å².